The van der Waals surface area contributed by atoms with Crippen LogP contribution in [0, 0.1) is 11.6 Å². The summed E-state index contributed by atoms with van der Waals surface area (Å²) in [6.45, 7) is 3.43. The average molecular weight is 535 g/mol. The van der Waals surface area contributed by atoms with Crippen LogP contribution in [-0.2, 0) is 16.1 Å². The van der Waals surface area contributed by atoms with Gasteiger partial charge in [0.1, 0.15) is 24.1 Å². The Kier molecular flexibility index (Phi) is 9.36. The summed E-state index contributed by atoms with van der Waals surface area (Å²) in [6.07, 6.45) is 0.870. The first-order chi connectivity index (χ1) is 17.4. The summed E-state index contributed by atoms with van der Waals surface area (Å²) in [7, 11) is 0. The third-order valence-electron chi connectivity index (χ3n) is 5.61. The molecule has 8 nitrogen and oxygen atoms in total. The Labute approximate surface area is 218 Å². The van der Waals surface area contributed by atoms with Crippen LogP contribution in [0.2, 0.25) is 5.02 Å². The second-order valence-electron chi connectivity index (χ2n) is 9.38. The van der Waals surface area contributed by atoms with E-state index < -0.39 is 35.3 Å². The Morgan fingerprint density at radius 2 is 1.86 bits per heavy atom. The second kappa shape index (κ2) is 12.3. The fourth-order valence-electron chi connectivity index (χ4n) is 3.88. The molecule has 4 N–H and O–H groups in total. The summed E-state index contributed by atoms with van der Waals surface area (Å²) in [5.41, 5.74) is 4.79. The highest BCUT2D eigenvalue weighted by Crippen LogP contribution is 2.24. The largest absolute Gasteiger partial charge is 0.448 e. The monoisotopic (exact) mass is 534 g/mol. The number of ether oxygens (including phenoxy) is 1. The van der Waals surface area contributed by atoms with Crippen LogP contribution >= 0.6 is 11.6 Å². The van der Waals surface area contributed by atoms with E-state index in [0.717, 1.165) is 0 Å². The number of benzene rings is 2. The first kappa shape index (κ1) is 28.2. The quantitative estimate of drug-likeness (QED) is 0.330. The molecule has 0 aliphatic carbocycles. The van der Waals surface area contributed by atoms with E-state index in [1.165, 1.54) is 42.6 Å². The van der Waals surface area contributed by atoms with Gasteiger partial charge in [0, 0.05) is 42.2 Å². The number of primary amides is 1. The summed E-state index contributed by atoms with van der Waals surface area (Å²) in [4.78, 5) is 30.0. The number of aromatic nitrogens is 1. The molecule has 0 aliphatic heterocycles. The Balaban J connectivity index is 1.75. The smallest absolute Gasteiger partial charge is 0.412 e. The molecule has 0 aliphatic rings. The van der Waals surface area contributed by atoms with Crippen molar-refractivity contribution in [2.75, 3.05) is 18.5 Å². The summed E-state index contributed by atoms with van der Waals surface area (Å²) in [5, 5.41) is 14.5. The van der Waals surface area contributed by atoms with Crippen LogP contribution in [-0.4, -0.2) is 51.8 Å². The van der Waals surface area contributed by atoms with Crippen LogP contribution in [0.25, 0.3) is 10.8 Å². The maximum Gasteiger partial charge on any atom is 0.412 e. The van der Waals surface area contributed by atoms with Crippen LogP contribution in [0.5, 0.6) is 0 Å². The molecular weight excluding hydrogens is 506 g/mol. The van der Waals surface area contributed by atoms with Crippen LogP contribution in [0.4, 0.5) is 19.4 Å². The first-order valence-electron chi connectivity index (χ1n) is 11.6. The minimum absolute atomic E-state index is 0.00490. The predicted octanol–water partition coefficient (Wildman–Crippen LogP) is 4.62. The zero-order valence-corrected chi connectivity index (χ0v) is 21.3. The van der Waals surface area contributed by atoms with Crippen molar-refractivity contribution in [1.82, 2.24) is 9.88 Å². The van der Waals surface area contributed by atoms with Crippen LogP contribution < -0.4 is 11.1 Å². The number of halogens is 3. The number of aliphatic hydroxyl groups is 1. The van der Waals surface area contributed by atoms with Gasteiger partial charge in [-0.2, -0.15) is 0 Å². The number of nitrogens with two attached hydrogens (primary N) is 1. The molecule has 0 fully saturated rings. The van der Waals surface area contributed by atoms with E-state index in [-0.39, 0.29) is 43.4 Å². The lowest BCUT2D eigenvalue weighted by molar-refractivity contribution is -0.118. The number of carbonyl (C=O) groups is 2. The standard InChI is InChI=1S/C26H29ClF2N4O4/c1-26(2,36)12-21(33(8-7-23(30)34)14-17-4-6-20(29)11-22(17)27)15-37-25(35)32-24-10-18-9-19(28)5-3-16(18)13-31-24/h3-6,9-11,13,21,36H,7-8,12,14-15H2,1-2H3,(H2,30,34)(H,31,32,35)/t21-/m0/s1. The molecule has 1 aromatic heterocycles. The van der Waals surface area contributed by atoms with Gasteiger partial charge in [-0.25, -0.2) is 18.6 Å². The molecule has 1 atom stereocenters. The van der Waals surface area contributed by atoms with Crippen molar-refractivity contribution in [3.8, 4) is 0 Å². The lowest BCUT2D eigenvalue weighted by atomic mass is 9.97. The van der Waals surface area contributed by atoms with E-state index in [0.29, 0.717) is 16.3 Å². The van der Waals surface area contributed by atoms with Gasteiger partial charge in [0.15, 0.2) is 0 Å². The molecule has 2 amide bonds. The van der Waals surface area contributed by atoms with E-state index in [1.807, 2.05) is 0 Å². The van der Waals surface area contributed by atoms with E-state index in [2.05, 4.69) is 10.3 Å². The van der Waals surface area contributed by atoms with Gasteiger partial charge in [0.25, 0.3) is 0 Å². The van der Waals surface area contributed by atoms with E-state index >= 15 is 0 Å². The molecule has 37 heavy (non-hydrogen) atoms. The summed E-state index contributed by atoms with van der Waals surface area (Å²) >= 11 is 6.21. The number of rotatable bonds is 11. The Morgan fingerprint density at radius 3 is 2.54 bits per heavy atom. The lowest BCUT2D eigenvalue weighted by Gasteiger charge is -2.35. The molecule has 2 aromatic carbocycles. The number of hydrogen-bond donors (Lipinski definition) is 3. The number of amides is 2. The van der Waals surface area contributed by atoms with Crippen molar-refractivity contribution in [2.24, 2.45) is 5.73 Å². The first-order valence-corrected chi connectivity index (χ1v) is 11.9. The predicted molar refractivity (Wildman–Crippen MR) is 137 cm³/mol. The van der Waals surface area contributed by atoms with Gasteiger partial charge in [-0.1, -0.05) is 17.7 Å². The lowest BCUT2D eigenvalue weighted by Crippen LogP contribution is -2.44. The third kappa shape index (κ3) is 8.92. The van der Waals surface area contributed by atoms with Gasteiger partial charge in [-0.05, 0) is 67.6 Å². The van der Waals surface area contributed by atoms with E-state index in [1.54, 1.807) is 24.8 Å². The van der Waals surface area contributed by atoms with Crippen LogP contribution in [0.15, 0.2) is 48.7 Å². The number of pyridine rings is 1. The molecular formula is C26H29ClF2N4O4. The van der Waals surface area contributed by atoms with Crippen molar-refractivity contribution >= 4 is 40.2 Å². The highest BCUT2D eigenvalue weighted by atomic mass is 35.5. The summed E-state index contributed by atoms with van der Waals surface area (Å²) in [5.74, 6) is -1.27. The summed E-state index contributed by atoms with van der Waals surface area (Å²) in [6, 6.07) is 9.16. The number of anilines is 1. The molecule has 1 heterocycles. The molecule has 11 heteroatoms. The maximum absolute atomic E-state index is 13.6. The summed E-state index contributed by atoms with van der Waals surface area (Å²) < 4.78 is 32.5. The molecule has 0 saturated carbocycles. The Hall–Kier alpha value is -3.34. The van der Waals surface area contributed by atoms with Gasteiger partial charge in [0.2, 0.25) is 5.91 Å². The van der Waals surface area contributed by atoms with E-state index in [4.69, 9.17) is 22.1 Å². The van der Waals surface area contributed by atoms with Gasteiger partial charge >= 0.3 is 6.09 Å². The fraction of sp³-hybridized carbons (Fsp3) is 0.346. The van der Waals surface area contributed by atoms with Crippen LogP contribution in [0.1, 0.15) is 32.3 Å². The minimum atomic E-state index is -1.15. The van der Waals surface area contributed by atoms with Gasteiger partial charge in [-0.15, -0.1) is 0 Å². The number of carbonyl (C=O) groups excluding carboxylic acids is 2. The zero-order valence-electron chi connectivity index (χ0n) is 20.5. The molecule has 3 aromatic rings. The maximum atomic E-state index is 13.6. The van der Waals surface area contributed by atoms with Crippen molar-refractivity contribution in [3.63, 3.8) is 0 Å². The molecule has 0 saturated heterocycles. The zero-order chi connectivity index (χ0) is 27.2. The van der Waals surface area contributed by atoms with Gasteiger partial charge < -0.3 is 15.6 Å². The number of hydrogen-bond acceptors (Lipinski definition) is 6. The van der Waals surface area contributed by atoms with Crippen molar-refractivity contribution in [1.29, 1.82) is 0 Å². The highest BCUT2D eigenvalue weighted by molar-refractivity contribution is 6.31. The van der Waals surface area contributed by atoms with Crippen LogP contribution in [0.3, 0.4) is 0 Å². The van der Waals surface area contributed by atoms with Gasteiger partial charge in [0.05, 0.1) is 5.60 Å². The molecule has 0 bridgehead atoms. The fourth-order valence-corrected chi connectivity index (χ4v) is 4.10. The molecule has 0 radical (unpaired) electrons. The van der Waals surface area contributed by atoms with Gasteiger partial charge in [-0.3, -0.25) is 15.0 Å². The Bertz CT molecular complexity index is 1270. The molecule has 3 rings (SSSR count). The number of fused-ring (bicyclic) bond motifs is 1. The average Bonchev–Trinajstić information content (AvgIpc) is 2.79. The number of nitrogens with one attached hydrogen (secondary N) is 1. The van der Waals surface area contributed by atoms with Crippen molar-refractivity contribution < 1.29 is 28.2 Å². The minimum Gasteiger partial charge on any atom is -0.448 e. The number of nitrogens with zero attached hydrogens (tertiary/aromatic N) is 2. The topological polar surface area (TPSA) is 118 Å². The normalized spacial score (nSPS) is 12.5. The second-order valence-corrected chi connectivity index (χ2v) is 9.78. The molecule has 0 spiro atoms. The highest BCUT2D eigenvalue weighted by Gasteiger charge is 2.28. The Morgan fingerprint density at radius 1 is 1.16 bits per heavy atom. The van der Waals surface area contributed by atoms with Crippen molar-refractivity contribution in [2.45, 2.75) is 44.9 Å². The molecule has 198 valence electrons. The van der Waals surface area contributed by atoms with E-state index in [9.17, 15) is 23.5 Å². The van der Waals surface area contributed by atoms with Crippen molar-refractivity contribution in [3.05, 3.63) is 70.9 Å². The SMILES string of the molecule is CC(C)(O)C[C@@H](COC(=O)Nc1cc2cc(F)ccc2cn1)N(CCC(N)=O)Cc1ccc(F)cc1Cl. The third-order valence-corrected chi connectivity index (χ3v) is 5.96. The molecule has 0 unspecified atom stereocenters.